The zero-order chi connectivity index (χ0) is 14.2. The molecule has 0 aromatic carbocycles. The zero-order valence-electron chi connectivity index (χ0n) is 11.1. The van der Waals surface area contributed by atoms with Gasteiger partial charge in [0.1, 0.15) is 9.71 Å². The van der Waals surface area contributed by atoms with Gasteiger partial charge >= 0.3 is 0 Å². The van der Waals surface area contributed by atoms with Crippen LogP contribution in [0.1, 0.15) is 20.9 Å². The number of nitrogens with zero attached hydrogens (tertiary/aromatic N) is 3. The van der Waals surface area contributed by atoms with Crippen LogP contribution in [0.3, 0.4) is 0 Å². The minimum atomic E-state index is -0.202. The molecule has 0 spiro atoms. The van der Waals surface area contributed by atoms with E-state index < -0.39 is 0 Å². The molecule has 3 N–H and O–H groups in total. The van der Waals surface area contributed by atoms with Crippen LogP contribution in [0, 0.1) is 13.8 Å². The molecule has 2 heterocycles. The second-order valence-electron chi connectivity index (χ2n) is 4.39. The molecule has 0 saturated carbocycles. The van der Waals surface area contributed by atoms with E-state index in [0.29, 0.717) is 15.4 Å². The summed E-state index contributed by atoms with van der Waals surface area (Å²) >= 11 is 1.24. The predicted octanol–water partition coefficient (Wildman–Crippen LogP) is 0.955. The van der Waals surface area contributed by atoms with E-state index >= 15 is 0 Å². The fourth-order valence-corrected chi connectivity index (χ4v) is 2.92. The Morgan fingerprint density at radius 2 is 2.11 bits per heavy atom. The van der Waals surface area contributed by atoms with Gasteiger partial charge in [-0.2, -0.15) is 5.10 Å². The molecular formula is C12H16N4O2S. The van der Waals surface area contributed by atoms with Gasteiger partial charge in [0.05, 0.1) is 18.0 Å². The summed E-state index contributed by atoms with van der Waals surface area (Å²) in [4.78, 5) is 14.8. The fraction of sp³-hybridized carbons (Fsp3) is 0.417. The zero-order valence-corrected chi connectivity index (χ0v) is 11.9. The minimum Gasteiger partial charge on any atom is -0.397 e. The Balaban J connectivity index is 2.54. The predicted molar refractivity (Wildman–Crippen MR) is 75.3 cm³/mol. The number of nitrogens with two attached hydrogens (primary N) is 1. The number of aliphatic hydroxyl groups is 1. The SMILES string of the molecule is Cc1nnc2sc(C(=O)N(C)CCO)c(N)c2c1C. The molecule has 0 fully saturated rings. The summed E-state index contributed by atoms with van der Waals surface area (Å²) in [6.07, 6.45) is 0. The van der Waals surface area contributed by atoms with E-state index in [9.17, 15) is 4.79 Å². The Bertz CT molecular complexity index is 638. The third-order valence-corrected chi connectivity index (χ3v) is 4.19. The first-order chi connectivity index (χ1) is 8.97. The third-order valence-electron chi connectivity index (χ3n) is 3.11. The maximum absolute atomic E-state index is 12.2. The number of rotatable bonds is 3. The van der Waals surface area contributed by atoms with Crippen LogP contribution in [0.15, 0.2) is 0 Å². The summed E-state index contributed by atoms with van der Waals surface area (Å²) in [5.41, 5.74) is 8.28. The average molecular weight is 280 g/mol. The van der Waals surface area contributed by atoms with Crippen LogP contribution in [0.2, 0.25) is 0 Å². The number of hydrogen-bond acceptors (Lipinski definition) is 6. The van der Waals surface area contributed by atoms with Crippen LogP contribution < -0.4 is 5.73 Å². The number of thiophene rings is 1. The number of aliphatic hydroxyl groups excluding tert-OH is 1. The lowest BCUT2D eigenvalue weighted by atomic mass is 10.1. The lowest BCUT2D eigenvalue weighted by Gasteiger charge is -2.14. The van der Waals surface area contributed by atoms with Crippen molar-refractivity contribution in [2.75, 3.05) is 25.9 Å². The van der Waals surface area contributed by atoms with Gasteiger partial charge in [0, 0.05) is 19.0 Å². The molecule has 0 aliphatic carbocycles. The molecule has 0 saturated heterocycles. The normalized spacial score (nSPS) is 10.9. The van der Waals surface area contributed by atoms with Gasteiger partial charge in [0.25, 0.3) is 5.91 Å². The van der Waals surface area contributed by atoms with E-state index in [1.54, 1.807) is 7.05 Å². The Kier molecular flexibility index (Phi) is 3.68. The van der Waals surface area contributed by atoms with E-state index in [4.69, 9.17) is 10.8 Å². The van der Waals surface area contributed by atoms with Gasteiger partial charge in [-0.05, 0) is 19.4 Å². The van der Waals surface area contributed by atoms with Crippen molar-refractivity contribution in [2.45, 2.75) is 13.8 Å². The molecule has 6 nitrogen and oxygen atoms in total. The van der Waals surface area contributed by atoms with Crippen molar-refractivity contribution < 1.29 is 9.90 Å². The van der Waals surface area contributed by atoms with Gasteiger partial charge in [-0.3, -0.25) is 4.79 Å². The van der Waals surface area contributed by atoms with Crippen molar-refractivity contribution in [1.29, 1.82) is 0 Å². The van der Waals surface area contributed by atoms with Gasteiger partial charge in [0.15, 0.2) is 0 Å². The largest absolute Gasteiger partial charge is 0.397 e. The summed E-state index contributed by atoms with van der Waals surface area (Å²) in [6, 6.07) is 0. The molecule has 0 aliphatic rings. The highest BCUT2D eigenvalue weighted by molar-refractivity contribution is 7.21. The Labute approximate surface area is 114 Å². The highest BCUT2D eigenvalue weighted by Gasteiger charge is 2.22. The summed E-state index contributed by atoms with van der Waals surface area (Å²) < 4.78 is 0. The quantitative estimate of drug-likeness (QED) is 0.873. The molecule has 102 valence electrons. The number of aromatic nitrogens is 2. The second-order valence-corrected chi connectivity index (χ2v) is 5.38. The molecule has 0 bridgehead atoms. The number of nitrogen functional groups attached to an aromatic ring is 1. The van der Waals surface area contributed by atoms with Gasteiger partial charge in [-0.15, -0.1) is 16.4 Å². The van der Waals surface area contributed by atoms with Crippen molar-refractivity contribution in [3.05, 3.63) is 16.1 Å². The Morgan fingerprint density at radius 1 is 1.42 bits per heavy atom. The van der Waals surface area contributed by atoms with Gasteiger partial charge in [-0.25, -0.2) is 0 Å². The van der Waals surface area contributed by atoms with E-state index in [-0.39, 0.29) is 19.1 Å². The van der Waals surface area contributed by atoms with Crippen LogP contribution >= 0.6 is 11.3 Å². The number of fused-ring (bicyclic) bond motifs is 1. The lowest BCUT2D eigenvalue weighted by molar-refractivity contribution is 0.0772. The highest BCUT2D eigenvalue weighted by atomic mass is 32.1. The number of anilines is 1. The van der Waals surface area contributed by atoms with Crippen LogP contribution in [-0.4, -0.2) is 46.3 Å². The summed E-state index contributed by atoms with van der Waals surface area (Å²) in [5, 5.41) is 17.8. The van der Waals surface area contributed by atoms with E-state index in [0.717, 1.165) is 16.6 Å². The molecule has 7 heteroatoms. The first kappa shape index (κ1) is 13.7. The topological polar surface area (TPSA) is 92.3 Å². The van der Waals surface area contributed by atoms with Crippen LogP contribution in [0.25, 0.3) is 10.2 Å². The molecular weight excluding hydrogens is 264 g/mol. The summed E-state index contributed by atoms with van der Waals surface area (Å²) in [5.74, 6) is -0.202. The van der Waals surface area contributed by atoms with Crippen molar-refractivity contribution in [2.24, 2.45) is 0 Å². The lowest BCUT2D eigenvalue weighted by Crippen LogP contribution is -2.29. The minimum absolute atomic E-state index is 0.0784. The van der Waals surface area contributed by atoms with Crippen molar-refractivity contribution in [3.8, 4) is 0 Å². The summed E-state index contributed by atoms with van der Waals surface area (Å²) in [7, 11) is 1.63. The highest BCUT2D eigenvalue weighted by Crippen LogP contribution is 2.35. The average Bonchev–Trinajstić information content (AvgIpc) is 2.71. The molecule has 0 unspecified atom stereocenters. The number of carbonyl (C=O) groups is 1. The standard InChI is InChI=1S/C12H16N4O2S/c1-6-7(2)14-15-11-8(6)9(13)10(19-11)12(18)16(3)4-5-17/h17H,4-5,13H2,1-3H3. The number of likely N-dealkylation sites (N-methyl/N-ethyl adjacent to an activating group) is 1. The maximum Gasteiger partial charge on any atom is 0.265 e. The number of carbonyl (C=O) groups excluding carboxylic acids is 1. The molecule has 0 radical (unpaired) electrons. The van der Waals surface area contributed by atoms with Crippen LogP contribution in [0.5, 0.6) is 0 Å². The van der Waals surface area contributed by atoms with Crippen LogP contribution in [-0.2, 0) is 0 Å². The molecule has 0 atom stereocenters. The van der Waals surface area contributed by atoms with Crippen LogP contribution in [0.4, 0.5) is 5.69 Å². The van der Waals surface area contributed by atoms with Crippen molar-refractivity contribution in [3.63, 3.8) is 0 Å². The molecule has 2 aromatic heterocycles. The van der Waals surface area contributed by atoms with E-state index in [2.05, 4.69) is 10.2 Å². The van der Waals surface area contributed by atoms with Gasteiger partial charge in [0.2, 0.25) is 0 Å². The van der Waals surface area contributed by atoms with E-state index in [1.165, 1.54) is 16.2 Å². The van der Waals surface area contributed by atoms with Gasteiger partial charge in [-0.1, -0.05) is 0 Å². The molecule has 2 rings (SSSR count). The number of amides is 1. The Hall–Kier alpha value is -1.73. The summed E-state index contributed by atoms with van der Waals surface area (Å²) in [6.45, 7) is 3.97. The van der Waals surface area contributed by atoms with E-state index in [1.807, 2.05) is 13.8 Å². The first-order valence-corrected chi connectivity index (χ1v) is 6.67. The molecule has 1 amide bonds. The smallest absolute Gasteiger partial charge is 0.265 e. The number of aryl methyl sites for hydroxylation is 2. The first-order valence-electron chi connectivity index (χ1n) is 5.85. The van der Waals surface area contributed by atoms with Crippen molar-refractivity contribution in [1.82, 2.24) is 15.1 Å². The molecule has 19 heavy (non-hydrogen) atoms. The fourth-order valence-electron chi connectivity index (χ4n) is 1.82. The number of hydrogen-bond donors (Lipinski definition) is 2. The van der Waals surface area contributed by atoms with Crippen molar-refractivity contribution >= 4 is 33.1 Å². The Morgan fingerprint density at radius 3 is 2.74 bits per heavy atom. The maximum atomic E-state index is 12.2. The molecule has 0 aliphatic heterocycles. The monoisotopic (exact) mass is 280 g/mol. The third kappa shape index (κ3) is 2.26. The molecule has 2 aromatic rings. The van der Waals surface area contributed by atoms with Gasteiger partial charge < -0.3 is 15.7 Å². The second kappa shape index (κ2) is 5.10.